The molecular weight excluding hydrogens is 352 g/mol. The second-order valence-electron chi connectivity index (χ2n) is 7.45. The average Bonchev–Trinajstić information content (AvgIpc) is 2.97. The van der Waals surface area contributed by atoms with Crippen LogP contribution in [0.3, 0.4) is 0 Å². The first kappa shape index (κ1) is 18.5. The Kier molecular flexibility index (Phi) is 4.80. The first-order chi connectivity index (χ1) is 12.2. The number of carbonyl (C=O) groups is 1. The Morgan fingerprint density at radius 3 is 2.35 bits per heavy atom. The predicted octanol–water partition coefficient (Wildman–Crippen LogP) is 3.29. The first-order valence-corrected chi connectivity index (χ1v) is 8.98. The third-order valence-electron chi connectivity index (χ3n) is 4.60. The Morgan fingerprint density at radius 2 is 1.77 bits per heavy atom. The van der Waals surface area contributed by atoms with Crippen molar-refractivity contribution in [2.45, 2.75) is 39.8 Å². The number of rotatable bonds is 3. The maximum Gasteiger partial charge on any atom is 0.326 e. The van der Waals surface area contributed by atoms with E-state index in [1.54, 1.807) is 16.4 Å². The Bertz CT molecular complexity index is 887. The number of aromatic nitrogens is 2. The lowest BCUT2D eigenvalue weighted by atomic mass is 10.1. The molecule has 0 saturated carbocycles. The standard InChI is InChI=1S/C19H23ClN4O2/c1-13-15(20)21-16(22-10-11-24(18(22)26)19(2,3)4)17(25)23(13)12-14-8-6-5-7-9-14/h5-9H,10-12H2,1-4H3. The van der Waals surface area contributed by atoms with Gasteiger partial charge in [0.05, 0.1) is 12.2 Å². The molecule has 0 atom stereocenters. The van der Waals surface area contributed by atoms with E-state index in [0.717, 1.165) is 5.56 Å². The molecule has 1 aromatic carbocycles. The highest BCUT2D eigenvalue weighted by Gasteiger charge is 2.38. The van der Waals surface area contributed by atoms with E-state index in [0.29, 0.717) is 25.3 Å². The fraction of sp³-hybridized carbons (Fsp3) is 0.421. The molecule has 2 aromatic rings. The third-order valence-corrected chi connectivity index (χ3v) is 4.96. The quantitative estimate of drug-likeness (QED) is 0.828. The zero-order valence-corrected chi connectivity index (χ0v) is 16.2. The summed E-state index contributed by atoms with van der Waals surface area (Å²) in [5.74, 6) is 0.0910. The van der Waals surface area contributed by atoms with Crippen LogP contribution in [0.5, 0.6) is 0 Å². The van der Waals surface area contributed by atoms with Crippen LogP contribution in [0.2, 0.25) is 5.15 Å². The summed E-state index contributed by atoms with van der Waals surface area (Å²) < 4.78 is 1.58. The number of carbonyl (C=O) groups excluding carboxylic acids is 1. The number of hydrogen-bond acceptors (Lipinski definition) is 3. The summed E-state index contributed by atoms with van der Waals surface area (Å²) in [5.41, 5.74) is 0.946. The van der Waals surface area contributed by atoms with Crippen molar-refractivity contribution >= 4 is 23.4 Å². The van der Waals surface area contributed by atoms with Crippen LogP contribution < -0.4 is 10.5 Å². The molecule has 0 spiro atoms. The van der Waals surface area contributed by atoms with Crippen molar-refractivity contribution in [3.8, 4) is 0 Å². The molecule has 0 bridgehead atoms. The van der Waals surface area contributed by atoms with Gasteiger partial charge in [-0.15, -0.1) is 0 Å². The topological polar surface area (TPSA) is 58.4 Å². The SMILES string of the molecule is Cc1c(Cl)nc(N2CCN(C(C)(C)C)C2=O)c(=O)n1Cc1ccccc1. The van der Waals surface area contributed by atoms with Gasteiger partial charge in [0.15, 0.2) is 5.15 Å². The van der Waals surface area contributed by atoms with Crippen LogP contribution in [0.25, 0.3) is 0 Å². The van der Waals surface area contributed by atoms with E-state index in [1.165, 1.54) is 4.90 Å². The van der Waals surface area contributed by atoms with Gasteiger partial charge in [-0.1, -0.05) is 41.9 Å². The smallest absolute Gasteiger partial charge is 0.318 e. The van der Waals surface area contributed by atoms with Crippen molar-refractivity contribution < 1.29 is 4.79 Å². The summed E-state index contributed by atoms with van der Waals surface area (Å²) >= 11 is 6.29. The highest BCUT2D eigenvalue weighted by atomic mass is 35.5. The molecule has 6 nitrogen and oxygen atoms in total. The van der Waals surface area contributed by atoms with Crippen LogP contribution in [-0.4, -0.2) is 39.1 Å². The van der Waals surface area contributed by atoms with Crippen LogP contribution in [0, 0.1) is 6.92 Å². The second kappa shape index (κ2) is 6.76. The molecule has 1 aromatic heterocycles. The molecule has 2 amide bonds. The van der Waals surface area contributed by atoms with Gasteiger partial charge in [-0.2, -0.15) is 0 Å². The monoisotopic (exact) mass is 374 g/mol. The number of amides is 2. The molecule has 26 heavy (non-hydrogen) atoms. The van der Waals surface area contributed by atoms with E-state index in [2.05, 4.69) is 4.98 Å². The Morgan fingerprint density at radius 1 is 1.12 bits per heavy atom. The molecule has 1 aliphatic heterocycles. The maximum absolute atomic E-state index is 13.1. The minimum atomic E-state index is -0.316. The van der Waals surface area contributed by atoms with E-state index in [9.17, 15) is 9.59 Å². The average molecular weight is 375 g/mol. The summed E-state index contributed by atoms with van der Waals surface area (Å²) in [6.45, 7) is 9.02. The molecule has 0 N–H and O–H groups in total. The lowest BCUT2D eigenvalue weighted by molar-refractivity contribution is 0.173. The summed E-state index contributed by atoms with van der Waals surface area (Å²) in [6, 6.07) is 9.45. The number of halogens is 1. The highest BCUT2D eigenvalue weighted by molar-refractivity contribution is 6.30. The van der Waals surface area contributed by atoms with Crippen molar-refractivity contribution in [2.24, 2.45) is 0 Å². The third kappa shape index (κ3) is 3.33. The molecule has 2 heterocycles. The van der Waals surface area contributed by atoms with Gasteiger partial charge in [-0.05, 0) is 33.3 Å². The summed E-state index contributed by atoms with van der Waals surface area (Å²) in [7, 11) is 0. The van der Waals surface area contributed by atoms with Gasteiger partial charge >= 0.3 is 6.03 Å². The minimum Gasteiger partial charge on any atom is -0.318 e. The maximum atomic E-state index is 13.1. The van der Waals surface area contributed by atoms with Crippen molar-refractivity contribution in [3.63, 3.8) is 0 Å². The first-order valence-electron chi connectivity index (χ1n) is 8.60. The van der Waals surface area contributed by atoms with Gasteiger partial charge in [0, 0.05) is 18.6 Å². The molecule has 1 fully saturated rings. The van der Waals surface area contributed by atoms with Gasteiger partial charge in [0.2, 0.25) is 5.82 Å². The van der Waals surface area contributed by atoms with Crippen molar-refractivity contribution in [1.29, 1.82) is 0 Å². The summed E-state index contributed by atoms with van der Waals surface area (Å²) in [5, 5.41) is 0.234. The van der Waals surface area contributed by atoms with Crippen LogP contribution in [-0.2, 0) is 6.54 Å². The largest absolute Gasteiger partial charge is 0.326 e. The fourth-order valence-corrected chi connectivity index (χ4v) is 3.28. The number of urea groups is 1. The molecule has 7 heteroatoms. The molecule has 0 aliphatic carbocycles. The predicted molar refractivity (Wildman–Crippen MR) is 103 cm³/mol. The lowest BCUT2D eigenvalue weighted by Crippen LogP contribution is -2.45. The molecule has 0 unspecified atom stereocenters. The molecule has 138 valence electrons. The van der Waals surface area contributed by atoms with E-state index in [-0.39, 0.29) is 28.1 Å². The summed E-state index contributed by atoms with van der Waals surface area (Å²) in [4.78, 5) is 33.3. The Balaban J connectivity index is 2.02. The van der Waals surface area contributed by atoms with Crippen molar-refractivity contribution in [3.05, 3.63) is 57.1 Å². The Hall–Kier alpha value is -2.34. The van der Waals surface area contributed by atoms with Gasteiger partial charge < -0.3 is 9.47 Å². The van der Waals surface area contributed by atoms with Crippen LogP contribution in [0.4, 0.5) is 10.6 Å². The number of benzene rings is 1. The van der Waals surface area contributed by atoms with Gasteiger partial charge in [0.25, 0.3) is 5.56 Å². The van der Waals surface area contributed by atoms with Crippen LogP contribution in [0.15, 0.2) is 35.1 Å². The zero-order valence-electron chi connectivity index (χ0n) is 15.5. The number of hydrogen-bond donors (Lipinski definition) is 0. The van der Waals surface area contributed by atoms with E-state index in [1.807, 2.05) is 51.1 Å². The van der Waals surface area contributed by atoms with Crippen LogP contribution in [0.1, 0.15) is 32.0 Å². The van der Waals surface area contributed by atoms with Crippen LogP contribution >= 0.6 is 11.6 Å². The van der Waals surface area contributed by atoms with Crippen molar-refractivity contribution in [1.82, 2.24) is 14.5 Å². The van der Waals surface area contributed by atoms with Crippen molar-refractivity contribution in [2.75, 3.05) is 18.0 Å². The normalized spacial score (nSPS) is 15.0. The molecule has 1 aliphatic rings. The lowest BCUT2D eigenvalue weighted by Gasteiger charge is -2.31. The number of nitrogens with zero attached hydrogens (tertiary/aromatic N) is 4. The molecule has 3 rings (SSSR count). The molecule has 0 radical (unpaired) electrons. The van der Waals surface area contributed by atoms with Gasteiger partial charge in [-0.3, -0.25) is 9.69 Å². The Labute approximate surface area is 158 Å². The van der Waals surface area contributed by atoms with E-state index in [4.69, 9.17) is 11.6 Å². The fourth-order valence-electron chi connectivity index (χ4n) is 3.09. The number of anilines is 1. The highest BCUT2D eigenvalue weighted by Crippen LogP contribution is 2.24. The van der Waals surface area contributed by atoms with Gasteiger partial charge in [-0.25, -0.2) is 9.78 Å². The zero-order chi connectivity index (χ0) is 19.1. The molecular formula is C19H23ClN4O2. The second-order valence-corrected chi connectivity index (χ2v) is 7.80. The molecule has 1 saturated heterocycles. The van der Waals surface area contributed by atoms with E-state index < -0.39 is 0 Å². The van der Waals surface area contributed by atoms with E-state index >= 15 is 0 Å². The summed E-state index contributed by atoms with van der Waals surface area (Å²) in [6.07, 6.45) is 0. The van der Waals surface area contributed by atoms with Gasteiger partial charge in [0.1, 0.15) is 0 Å². The minimum absolute atomic E-state index is 0.0910.